The molecule has 1 unspecified atom stereocenters. The van der Waals surface area contributed by atoms with E-state index < -0.39 is 17.7 Å². The van der Waals surface area contributed by atoms with Crippen LogP contribution in [0.15, 0.2) is 12.3 Å². The molecular weight excluding hydrogens is 287 g/mol. The fraction of sp³-hybridized carbons (Fsp3) is 0.462. The monoisotopic (exact) mass is 300 g/mol. The Morgan fingerprint density at radius 3 is 2.95 bits per heavy atom. The van der Waals surface area contributed by atoms with Gasteiger partial charge < -0.3 is 10.0 Å². The van der Waals surface area contributed by atoms with Gasteiger partial charge in [-0.2, -0.15) is 0 Å². The summed E-state index contributed by atoms with van der Waals surface area (Å²) in [6, 6.07) is 0.650. The Balaban J connectivity index is 2.25. The number of rotatable bonds is 3. The predicted octanol–water partition coefficient (Wildman–Crippen LogP) is 2.34. The number of likely N-dealkylation sites (tertiary alicyclic amines) is 1. The number of carboxylic acids is 1. The van der Waals surface area contributed by atoms with Gasteiger partial charge in [0.05, 0.1) is 18.2 Å². The quantitative estimate of drug-likeness (QED) is 0.870. The van der Waals surface area contributed by atoms with Crippen molar-refractivity contribution in [3.8, 4) is 0 Å². The standard InChI is InChI=1S/C13H14ClFN2O3/c14-12-10(5-8(15)7-16-12)13(20)17-4-2-1-3-9(17)6-11(18)19/h5,7,9H,1-4,6H2,(H,18,19). The summed E-state index contributed by atoms with van der Waals surface area (Å²) >= 11 is 5.82. The SMILES string of the molecule is O=C(O)CC1CCCCN1C(=O)c1cc(F)cnc1Cl. The third-order valence-corrected chi connectivity index (χ3v) is 3.64. The molecule has 1 amide bonds. The molecule has 0 aliphatic carbocycles. The normalized spacial score (nSPS) is 18.9. The van der Waals surface area contributed by atoms with E-state index in [4.69, 9.17) is 16.7 Å². The summed E-state index contributed by atoms with van der Waals surface area (Å²) in [7, 11) is 0. The van der Waals surface area contributed by atoms with Gasteiger partial charge in [-0.05, 0) is 25.3 Å². The molecule has 0 radical (unpaired) electrons. The van der Waals surface area contributed by atoms with Crippen molar-refractivity contribution in [2.45, 2.75) is 31.7 Å². The highest BCUT2D eigenvalue weighted by atomic mass is 35.5. The Labute approximate surface area is 120 Å². The molecule has 0 saturated carbocycles. The van der Waals surface area contributed by atoms with Crippen molar-refractivity contribution in [1.29, 1.82) is 0 Å². The topological polar surface area (TPSA) is 70.5 Å². The lowest BCUT2D eigenvalue weighted by Crippen LogP contribution is -2.44. The molecular formula is C13H14ClFN2O3. The number of piperidine rings is 1. The van der Waals surface area contributed by atoms with Crippen molar-refractivity contribution < 1.29 is 19.1 Å². The van der Waals surface area contributed by atoms with Crippen molar-refractivity contribution in [3.05, 3.63) is 28.8 Å². The maximum atomic E-state index is 13.2. The van der Waals surface area contributed by atoms with E-state index in [0.29, 0.717) is 13.0 Å². The maximum Gasteiger partial charge on any atom is 0.305 e. The largest absolute Gasteiger partial charge is 0.481 e. The zero-order valence-corrected chi connectivity index (χ0v) is 11.4. The lowest BCUT2D eigenvalue weighted by atomic mass is 9.98. The Morgan fingerprint density at radius 2 is 2.25 bits per heavy atom. The highest BCUT2D eigenvalue weighted by Crippen LogP contribution is 2.24. The van der Waals surface area contributed by atoms with Gasteiger partial charge in [-0.15, -0.1) is 0 Å². The number of carboxylic acid groups (broad SMARTS) is 1. The molecule has 0 spiro atoms. The van der Waals surface area contributed by atoms with Crippen LogP contribution in [0.3, 0.4) is 0 Å². The molecule has 1 aliphatic heterocycles. The van der Waals surface area contributed by atoms with E-state index in [1.807, 2.05) is 0 Å². The summed E-state index contributed by atoms with van der Waals surface area (Å²) in [4.78, 5) is 28.3. The molecule has 1 atom stereocenters. The molecule has 2 rings (SSSR count). The van der Waals surface area contributed by atoms with E-state index in [-0.39, 0.29) is 23.2 Å². The molecule has 2 heterocycles. The minimum absolute atomic E-state index is 0.0241. The van der Waals surface area contributed by atoms with Crippen LogP contribution in [-0.2, 0) is 4.79 Å². The number of aliphatic carboxylic acids is 1. The zero-order valence-electron chi connectivity index (χ0n) is 10.7. The number of hydrogen-bond donors (Lipinski definition) is 1. The fourth-order valence-corrected chi connectivity index (χ4v) is 2.59. The molecule has 1 N–H and O–H groups in total. The number of nitrogens with zero attached hydrogens (tertiary/aromatic N) is 2. The molecule has 0 bridgehead atoms. The van der Waals surface area contributed by atoms with Gasteiger partial charge in [-0.1, -0.05) is 11.6 Å². The highest BCUT2D eigenvalue weighted by Gasteiger charge is 2.30. The Kier molecular flexibility index (Phi) is 4.54. The van der Waals surface area contributed by atoms with Gasteiger partial charge in [-0.3, -0.25) is 9.59 Å². The Bertz CT molecular complexity index is 538. The van der Waals surface area contributed by atoms with E-state index in [9.17, 15) is 14.0 Å². The van der Waals surface area contributed by atoms with Crippen LogP contribution < -0.4 is 0 Å². The molecule has 20 heavy (non-hydrogen) atoms. The van der Waals surface area contributed by atoms with Crippen LogP contribution in [0.1, 0.15) is 36.0 Å². The molecule has 0 aromatic carbocycles. The third kappa shape index (κ3) is 3.25. The Hall–Kier alpha value is -1.69. The van der Waals surface area contributed by atoms with Gasteiger partial charge in [0, 0.05) is 12.6 Å². The number of aromatic nitrogens is 1. The number of carbonyl (C=O) groups is 2. The van der Waals surface area contributed by atoms with Gasteiger partial charge in [0.1, 0.15) is 11.0 Å². The lowest BCUT2D eigenvalue weighted by Gasteiger charge is -2.35. The van der Waals surface area contributed by atoms with Crippen LogP contribution in [0.25, 0.3) is 0 Å². The van der Waals surface area contributed by atoms with Crippen LogP contribution in [0.4, 0.5) is 4.39 Å². The average Bonchev–Trinajstić information content (AvgIpc) is 2.41. The lowest BCUT2D eigenvalue weighted by molar-refractivity contribution is -0.138. The second-order valence-corrected chi connectivity index (χ2v) is 5.10. The first-order chi connectivity index (χ1) is 9.49. The molecule has 1 aromatic heterocycles. The number of pyridine rings is 1. The summed E-state index contributed by atoms with van der Waals surface area (Å²) in [6.45, 7) is 0.448. The molecule has 108 valence electrons. The third-order valence-electron chi connectivity index (χ3n) is 3.33. The summed E-state index contributed by atoms with van der Waals surface area (Å²) in [5.74, 6) is -2.07. The van der Waals surface area contributed by atoms with Crippen molar-refractivity contribution in [2.24, 2.45) is 0 Å². The summed E-state index contributed by atoms with van der Waals surface area (Å²) in [5, 5.41) is 8.83. The Morgan fingerprint density at radius 1 is 1.50 bits per heavy atom. The first-order valence-corrected chi connectivity index (χ1v) is 6.70. The fourth-order valence-electron chi connectivity index (χ4n) is 2.41. The van der Waals surface area contributed by atoms with Gasteiger partial charge in [0.15, 0.2) is 0 Å². The van der Waals surface area contributed by atoms with Crippen LogP contribution >= 0.6 is 11.6 Å². The van der Waals surface area contributed by atoms with E-state index in [1.165, 1.54) is 4.90 Å². The van der Waals surface area contributed by atoms with E-state index >= 15 is 0 Å². The van der Waals surface area contributed by atoms with Crippen LogP contribution in [0, 0.1) is 5.82 Å². The predicted molar refractivity (Wildman–Crippen MR) is 70.1 cm³/mol. The molecule has 1 saturated heterocycles. The number of amides is 1. The molecule has 1 aliphatic rings. The minimum Gasteiger partial charge on any atom is -0.481 e. The summed E-state index contributed by atoms with van der Waals surface area (Å²) in [6.07, 6.45) is 3.10. The van der Waals surface area contributed by atoms with Crippen LogP contribution in [-0.4, -0.2) is 39.5 Å². The molecule has 1 aromatic rings. The van der Waals surface area contributed by atoms with Crippen molar-refractivity contribution in [3.63, 3.8) is 0 Å². The van der Waals surface area contributed by atoms with E-state index in [0.717, 1.165) is 25.1 Å². The first kappa shape index (κ1) is 14.7. The average molecular weight is 301 g/mol. The van der Waals surface area contributed by atoms with Gasteiger partial charge in [-0.25, -0.2) is 9.37 Å². The smallest absolute Gasteiger partial charge is 0.305 e. The number of carbonyl (C=O) groups excluding carboxylic acids is 1. The summed E-state index contributed by atoms with van der Waals surface area (Å²) < 4.78 is 13.2. The second-order valence-electron chi connectivity index (χ2n) is 4.74. The van der Waals surface area contributed by atoms with Crippen molar-refractivity contribution in [2.75, 3.05) is 6.54 Å². The second kappa shape index (κ2) is 6.17. The van der Waals surface area contributed by atoms with E-state index in [1.54, 1.807) is 0 Å². The minimum atomic E-state index is -0.960. The molecule has 5 nitrogen and oxygen atoms in total. The first-order valence-electron chi connectivity index (χ1n) is 6.33. The number of halogens is 2. The van der Waals surface area contributed by atoms with Gasteiger partial charge >= 0.3 is 5.97 Å². The zero-order chi connectivity index (χ0) is 14.7. The van der Waals surface area contributed by atoms with Gasteiger partial charge in [0.25, 0.3) is 5.91 Å². The van der Waals surface area contributed by atoms with Crippen LogP contribution in [0.5, 0.6) is 0 Å². The van der Waals surface area contributed by atoms with Crippen molar-refractivity contribution >= 4 is 23.5 Å². The highest BCUT2D eigenvalue weighted by molar-refractivity contribution is 6.32. The molecule has 1 fully saturated rings. The molecule has 7 heteroatoms. The van der Waals surface area contributed by atoms with Crippen LogP contribution in [0.2, 0.25) is 5.15 Å². The van der Waals surface area contributed by atoms with E-state index in [2.05, 4.69) is 4.98 Å². The van der Waals surface area contributed by atoms with Crippen molar-refractivity contribution in [1.82, 2.24) is 9.88 Å². The summed E-state index contributed by atoms with van der Waals surface area (Å²) in [5.41, 5.74) is -0.0241. The van der Waals surface area contributed by atoms with Gasteiger partial charge in [0.2, 0.25) is 0 Å². The number of hydrogen-bond acceptors (Lipinski definition) is 3. The maximum absolute atomic E-state index is 13.2.